The van der Waals surface area contributed by atoms with E-state index in [1.165, 1.54) is 29.8 Å². The molecule has 4 aromatic rings. The van der Waals surface area contributed by atoms with Crippen molar-refractivity contribution in [2.24, 2.45) is 0 Å². The molecule has 0 aliphatic rings. The minimum Gasteiger partial charge on any atom is -0.497 e. The molecule has 0 bridgehead atoms. The Bertz CT molecular complexity index is 1410. The molecule has 176 valence electrons. The summed E-state index contributed by atoms with van der Waals surface area (Å²) in [5, 5.41) is 14.6. The van der Waals surface area contributed by atoms with Crippen molar-refractivity contribution < 1.29 is 23.1 Å². The number of sulfone groups is 1. The molecular weight excluding hydrogens is 476 g/mol. The number of methoxy groups -OCH3 is 1. The lowest BCUT2D eigenvalue weighted by Gasteiger charge is -2.19. The largest absolute Gasteiger partial charge is 0.497 e. The predicted octanol–water partition coefficient (Wildman–Crippen LogP) is 3.46. The van der Waals surface area contributed by atoms with Crippen molar-refractivity contribution in [2.45, 2.75) is 16.8 Å². The molecular formula is C23H22N4O5S2. The zero-order chi connectivity index (χ0) is 24.1. The summed E-state index contributed by atoms with van der Waals surface area (Å²) < 4.78 is 33.3. The molecule has 3 N–H and O–H groups in total. The summed E-state index contributed by atoms with van der Waals surface area (Å²) in [5.74, 6) is -0.0333. The quantitative estimate of drug-likeness (QED) is 0.301. The Morgan fingerprint density at radius 2 is 2.03 bits per heavy atom. The standard InChI is InChI=1S/C23H22N4O5S2/c1-32-16-8-7-15-10-17(33-20(15)11-16)12-26-23(34(30,31)18-4-3-9-24-13-18)19-5-2-6-21(27-19)25-14-22(28)29/h2-11,13,23,26H,12,14H2,1H3,(H,25,27)(H,28,29). The lowest BCUT2D eigenvalue weighted by atomic mass is 10.2. The number of carboxylic acids is 1. The molecule has 9 nitrogen and oxygen atoms in total. The molecule has 1 unspecified atom stereocenters. The third kappa shape index (κ3) is 5.33. The molecule has 34 heavy (non-hydrogen) atoms. The van der Waals surface area contributed by atoms with Crippen LogP contribution in [0.3, 0.4) is 0 Å². The van der Waals surface area contributed by atoms with Gasteiger partial charge in [0.25, 0.3) is 0 Å². The summed E-state index contributed by atoms with van der Waals surface area (Å²) in [4.78, 5) is 20.2. The van der Waals surface area contributed by atoms with E-state index in [2.05, 4.69) is 20.6 Å². The number of anilines is 1. The van der Waals surface area contributed by atoms with Crippen LogP contribution in [0.5, 0.6) is 5.75 Å². The normalized spacial score (nSPS) is 12.4. The van der Waals surface area contributed by atoms with Crippen molar-refractivity contribution >= 4 is 43.0 Å². The number of nitrogens with one attached hydrogen (secondary N) is 2. The third-order valence-corrected chi connectivity index (χ3v) is 8.00. The van der Waals surface area contributed by atoms with Crippen LogP contribution in [0.1, 0.15) is 15.9 Å². The Hall–Kier alpha value is -3.54. The van der Waals surface area contributed by atoms with Crippen LogP contribution in [0, 0.1) is 0 Å². The van der Waals surface area contributed by atoms with E-state index in [1.807, 2.05) is 24.3 Å². The molecule has 0 aliphatic heterocycles. The number of ether oxygens (including phenoxy) is 1. The van der Waals surface area contributed by atoms with Crippen LogP contribution in [0.2, 0.25) is 0 Å². The number of rotatable bonds is 10. The van der Waals surface area contributed by atoms with Crippen molar-refractivity contribution in [3.05, 3.63) is 77.6 Å². The molecule has 0 fully saturated rings. The summed E-state index contributed by atoms with van der Waals surface area (Å²) in [7, 11) is -2.30. The number of carboxylic acid groups (broad SMARTS) is 1. The average Bonchev–Trinajstić information content (AvgIpc) is 3.25. The Labute approximate surface area is 200 Å². The lowest BCUT2D eigenvalue weighted by molar-refractivity contribution is -0.134. The van der Waals surface area contributed by atoms with Gasteiger partial charge in [0.05, 0.1) is 17.7 Å². The summed E-state index contributed by atoms with van der Waals surface area (Å²) in [6, 6.07) is 15.6. The first kappa shape index (κ1) is 23.6. The maximum absolute atomic E-state index is 13.5. The van der Waals surface area contributed by atoms with Gasteiger partial charge in [-0.3, -0.25) is 15.1 Å². The number of carbonyl (C=O) groups is 1. The molecule has 0 saturated heterocycles. The Balaban J connectivity index is 1.66. The molecule has 0 aliphatic carbocycles. The lowest BCUT2D eigenvalue weighted by Crippen LogP contribution is -2.29. The van der Waals surface area contributed by atoms with E-state index < -0.39 is 21.2 Å². The van der Waals surface area contributed by atoms with E-state index in [0.29, 0.717) is 0 Å². The minimum absolute atomic E-state index is 0.0549. The highest BCUT2D eigenvalue weighted by Crippen LogP contribution is 2.31. The van der Waals surface area contributed by atoms with Crippen molar-refractivity contribution in [3.63, 3.8) is 0 Å². The molecule has 3 aromatic heterocycles. The van der Waals surface area contributed by atoms with E-state index in [0.717, 1.165) is 20.7 Å². The third-order valence-electron chi connectivity index (χ3n) is 4.97. The van der Waals surface area contributed by atoms with Gasteiger partial charge in [-0.1, -0.05) is 6.07 Å². The molecule has 3 heterocycles. The summed E-state index contributed by atoms with van der Waals surface area (Å²) >= 11 is 1.54. The number of fused-ring (bicyclic) bond motifs is 1. The van der Waals surface area contributed by atoms with Gasteiger partial charge in [-0.05, 0) is 53.9 Å². The second-order valence-corrected chi connectivity index (χ2v) is 10.5. The maximum atomic E-state index is 13.5. The Kier molecular flexibility index (Phi) is 7.06. The number of aliphatic carboxylic acids is 1. The highest BCUT2D eigenvalue weighted by molar-refractivity contribution is 7.91. The van der Waals surface area contributed by atoms with E-state index in [-0.39, 0.29) is 29.5 Å². The van der Waals surface area contributed by atoms with Crippen LogP contribution in [-0.2, 0) is 21.2 Å². The van der Waals surface area contributed by atoms with Crippen LogP contribution in [0.15, 0.2) is 71.9 Å². The molecule has 1 aromatic carbocycles. The predicted molar refractivity (Wildman–Crippen MR) is 130 cm³/mol. The topological polar surface area (TPSA) is 131 Å². The number of hydrogen-bond donors (Lipinski definition) is 3. The summed E-state index contributed by atoms with van der Waals surface area (Å²) in [5.41, 5.74) is 0.238. The summed E-state index contributed by atoms with van der Waals surface area (Å²) in [6.45, 7) is -0.0601. The number of hydrogen-bond acceptors (Lipinski definition) is 9. The smallest absolute Gasteiger partial charge is 0.322 e. The first-order chi connectivity index (χ1) is 16.4. The van der Waals surface area contributed by atoms with Crippen LogP contribution < -0.4 is 15.4 Å². The fraction of sp³-hybridized carbons (Fsp3) is 0.174. The molecule has 0 saturated carbocycles. The van der Waals surface area contributed by atoms with Crippen molar-refractivity contribution in [1.82, 2.24) is 15.3 Å². The second-order valence-electron chi connectivity index (χ2n) is 7.31. The van der Waals surface area contributed by atoms with E-state index in [9.17, 15) is 13.2 Å². The number of nitrogens with zero attached hydrogens (tertiary/aromatic N) is 2. The molecule has 0 radical (unpaired) electrons. The highest BCUT2D eigenvalue weighted by atomic mass is 32.2. The van der Waals surface area contributed by atoms with Crippen LogP contribution >= 0.6 is 11.3 Å². The van der Waals surface area contributed by atoms with Gasteiger partial charge in [0, 0.05) is 28.5 Å². The van der Waals surface area contributed by atoms with E-state index in [4.69, 9.17) is 9.84 Å². The van der Waals surface area contributed by atoms with Crippen molar-refractivity contribution in [1.29, 1.82) is 0 Å². The Morgan fingerprint density at radius 1 is 1.18 bits per heavy atom. The molecule has 11 heteroatoms. The molecule has 0 spiro atoms. The zero-order valence-corrected chi connectivity index (χ0v) is 19.8. The van der Waals surface area contributed by atoms with Gasteiger partial charge in [-0.2, -0.15) is 0 Å². The zero-order valence-electron chi connectivity index (χ0n) is 18.1. The first-order valence-corrected chi connectivity index (χ1v) is 12.6. The van der Waals surface area contributed by atoms with Crippen LogP contribution in [0.4, 0.5) is 5.82 Å². The van der Waals surface area contributed by atoms with Gasteiger partial charge in [-0.15, -0.1) is 11.3 Å². The van der Waals surface area contributed by atoms with Crippen LogP contribution in [-0.4, -0.2) is 43.1 Å². The number of pyridine rings is 2. The van der Waals surface area contributed by atoms with Gasteiger partial charge < -0.3 is 15.2 Å². The molecule has 0 amide bonds. The van der Waals surface area contributed by atoms with Gasteiger partial charge in [-0.25, -0.2) is 13.4 Å². The van der Waals surface area contributed by atoms with Gasteiger partial charge >= 0.3 is 5.97 Å². The molecule has 4 rings (SSSR count). The number of benzene rings is 1. The Morgan fingerprint density at radius 3 is 2.76 bits per heavy atom. The minimum atomic E-state index is -3.91. The SMILES string of the molecule is COc1ccc2cc(CNC(c3cccc(NCC(=O)O)n3)S(=O)(=O)c3cccnc3)sc2c1. The average molecular weight is 499 g/mol. The van der Waals surface area contributed by atoms with Crippen molar-refractivity contribution in [3.8, 4) is 5.75 Å². The second kappa shape index (κ2) is 10.2. The molecule has 1 atom stereocenters. The maximum Gasteiger partial charge on any atom is 0.322 e. The van der Waals surface area contributed by atoms with Gasteiger partial charge in [0.15, 0.2) is 5.37 Å². The van der Waals surface area contributed by atoms with E-state index >= 15 is 0 Å². The summed E-state index contributed by atoms with van der Waals surface area (Å²) in [6.07, 6.45) is 2.80. The fourth-order valence-electron chi connectivity index (χ4n) is 3.36. The van der Waals surface area contributed by atoms with Gasteiger partial charge in [0.2, 0.25) is 9.84 Å². The van der Waals surface area contributed by atoms with Crippen LogP contribution in [0.25, 0.3) is 10.1 Å². The number of thiophene rings is 1. The van der Waals surface area contributed by atoms with E-state index in [1.54, 1.807) is 31.4 Å². The van der Waals surface area contributed by atoms with Crippen molar-refractivity contribution in [2.75, 3.05) is 19.0 Å². The first-order valence-electron chi connectivity index (χ1n) is 10.2. The highest BCUT2D eigenvalue weighted by Gasteiger charge is 2.30. The van der Waals surface area contributed by atoms with Gasteiger partial charge in [0.1, 0.15) is 18.1 Å². The monoisotopic (exact) mass is 498 g/mol. The fourth-order valence-corrected chi connectivity index (χ4v) is 5.90. The number of aromatic nitrogens is 2.